The van der Waals surface area contributed by atoms with Crippen molar-refractivity contribution in [1.82, 2.24) is 4.90 Å². The Hall–Kier alpha value is -0.283. The second-order valence-electron chi connectivity index (χ2n) is 2.23. The monoisotopic (exact) mass is 199 g/mol. The summed E-state index contributed by atoms with van der Waals surface area (Å²) in [6.07, 6.45) is 1.05. The molecule has 0 aliphatic carbocycles. The summed E-state index contributed by atoms with van der Waals surface area (Å²) in [7, 11) is -2.84. The van der Waals surface area contributed by atoms with E-state index in [1.807, 2.05) is 0 Å². The van der Waals surface area contributed by atoms with Gasteiger partial charge >= 0.3 is 18.9 Å². The minimum absolute atomic E-state index is 0. The number of carbonyl (C=O) groups is 1. The van der Waals surface area contributed by atoms with Gasteiger partial charge in [0.05, 0.1) is 15.9 Å². The van der Waals surface area contributed by atoms with Gasteiger partial charge < -0.3 is 9.45 Å². The number of hydrogen-bond donors (Lipinski definition) is 0. The largest absolute Gasteiger partial charge is 1.00 e. The summed E-state index contributed by atoms with van der Waals surface area (Å²) in [5.41, 5.74) is 0. The molecule has 0 aromatic rings. The van der Waals surface area contributed by atoms with Gasteiger partial charge in [-0.15, -0.1) is 0 Å². The van der Waals surface area contributed by atoms with E-state index in [9.17, 15) is 17.8 Å². The van der Waals surface area contributed by atoms with E-state index < -0.39 is 21.8 Å². The Bertz CT molecular complexity index is 274. The standard InChI is InChI=1S/C6H11NO4S.Li/c1-3-6(8)7(2)4-5-12(9,10)11;/h3H,1,4-5H2,2H3,(H,9,10,11);/q;+1/p-1. The molecule has 0 saturated carbocycles. The molecule has 0 unspecified atom stereocenters. The Balaban J connectivity index is 0. The first-order valence-corrected chi connectivity index (χ1v) is 4.75. The molecule has 0 aliphatic rings. The average molecular weight is 199 g/mol. The SMILES string of the molecule is C=CC(=O)N(C)CCS(=O)(=O)[O-].[Li+]. The van der Waals surface area contributed by atoms with Crippen LogP contribution in [0.15, 0.2) is 12.7 Å². The number of nitrogens with zero attached hydrogens (tertiary/aromatic N) is 1. The van der Waals surface area contributed by atoms with Crippen molar-refractivity contribution >= 4 is 16.0 Å². The molecule has 0 N–H and O–H groups in total. The fraction of sp³-hybridized carbons (Fsp3) is 0.500. The third-order valence-electron chi connectivity index (χ3n) is 1.23. The van der Waals surface area contributed by atoms with Crippen LogP contribution in [0.2, 0.25) is 0 Å². The number of amides is 1. The van der Waals surface area contributed by atoms with Gasteiger partial charge in [0.25, 0.3) is 0 Å². The van der Waals surface area contributed by atoms with Crippen molar-refractivity contribution < 1.29 is 36.6 Å². The Morgan fingerprint density at radius 2 is 2.08 bits per heavy atom. The maximum Gasteiger partial charge on any atom is 1.00 e. The van der Waals surface area contributed by atoms with Crippen molar-refractivity contribution in [3.63, 3.8) is 0 Å². The van der Waals surface area contributed by atoms with Crippen LogP contribution in [0.1, 0.15) is 0 Å². The number of likely N-dealkylation sites (N-methyl/N-ethyl adjacent to an activating group) is 1. The van der Waals surface area contributed by atoms with Crippen LogP contribution < -0.4 is 18.9 Å². The van der Waals surface area contributed by atoms with E-state index in [-0.39, 0.29) is 25.4 Å². The van der Waals surface area contributed by atoms with E-state index in [2.05, 4.69) is 6.58 Å². The van der Waals surface area contributed by atoms with Crippen LogP contribution in [0.4, 0.5) is 0 Å². The maximum absolute atomic E-state index is 10.7. The second-order valence-corrected chi connectivity index (χ2v) is 3.75. The molecular weight excluding hydrogens is 189 g/mol. The second kappa shape index (κ2) is 6.21. The molecule has 0 rings (SSSR count). The van der Waals surface area contributed by atoms with Crippen LogP contribution in [0.25, 0.3) is 0 Å². The van der Waals surface area contributed by atoms with Crippen LogP contribution >= 0.6 is 0 Å². The molecule has 0 heterocycles. The molecule has 13 heavy (non-hydrogen) atoms. The zero-order chi connectivity index (χ0) is 9.78. The Kier molecular flexibility index (Phi) is 7.27. The Morgan fingerprint density at radius 1 is 1.62 bits per heavy atom. The molecule has 0 saturated heterocycles. The topological polar surface area (TPSA) is 77.5 Å². The minimum Gasteiger partial charge on any atom is -0.748 e. The molecule has 0 radical (unpaired) electrons. The number of hydrogen-bond acceptors (Lipinski definition) is 4. The van der Waals surface area contributed by atoms with Crippen molar-refractivity contribution in [1.29, 1.82) is 0 Å². The molecule has 0 bridgehead atoms. The molecule has 0 aliphatic heterocycles. The molecule has 0 spiro atoms. The van der Waals surface area contributed by atoms with Gasteiger partial charge in [-0.1, -0.05) is 6.58 Å². The first-order valence-electron chi connectivity index (χ1n) is 3.18. The van der Waals surface area contributed by atoms with Crippen molar-refractivity contribution in [3.8, 4) is 0 Å². The molecule has 0 aromatic carbocycles. The van der Waals surface area contributed by atoms with E-state index >= 15 is 0 Å². The van der Waals surface area contributed by atoms with E-state index in [1.54, 1.807) is 0 Å². The van der Waals surface area contributed by atoms with E-state index in [4.69, 9.17) is 0 Å². The number of carbonyl (C=O) groups excluding carboxylic acids is 1. The molecule has 7 heteroatoms. The van der Waals surface area contributed by atoms with Crippen LogP contribution in [-0.2, 0) is 14.9 Å². The van der Waals surface area contributed by atoms with Gasteiger partial charge in [-0.3, -0.25) is 4.79 Å². The predicted octanol–water partition coefficient (Wildman–Crippen LogP) is -3.82. The van der Waals surface area contributed by atoms with Gasteiger partial charge in [-0.25, -0.2) is 8.42 Å². The summed E-state index contributed by atoms with van der Waals surface area (Å²) < 4.78 is 30.4. The summed E-state index contributed by atoms with van der Waals surface area (Å²) in [5, 5.41) is 0. The van der Waals surface area contributed by atoms with Gasteiger partial charge in [0.1, 0.15) is 0 Å². The van der Waals surface area contributed by atoms with E-state index in [1.165, 1.54) is 7.05 Å². The van der Waals surface area contributed by atoms with Crippen LogP contribution in [0.3, 0.4) is 0 Å². The maximum atomic E-state index is 10.7. The third-order valence-corrected chi connectivity index (χ3v) is 1.91. The fourth-order valence-corrected chi connectivity index (χ4v) is 1.01. The van der Waals surface area contributed by atoms with Crippen molar-refractivity contribution in [3.05, 3.63) is 12.7 Å². The van der Waals surface area contributed by atoms with E-state index in [0.29, 0.717) is 0 Å². The first-order chi connectivity index (χ1) is 5.37. The Labute approximate surface area is 89.7 Å². The van der Waals surface area contributed by atoms with E-state index in [0.717, 1.165) is 11.0 Å². The zero-order valence-electron chi connectivity index (χ0n) is 7.69. The summed E-state index contributed by atoms with van der Waals surface area (Å²) in [5.74, 6) is -0.970. The predicted molar refractivity (Wildman–Crippen MR) is 42.4 cm³/mol. The zero-order valence-corrected chi connectivity index (χ0v) is 8.50. The molecule has 70 valence electrons. The molecule has 0 fully saturated rings. The van der Waals surface area contributed by atoms with Crippen molar-refractivity contribution in [2.45, 2.75) is 0 Å². The summed E-state index contributed by atoms with van der Waals surface area (Å²) in [4.78, 5) is 11.9. The smallest absolute Gasteiger partial charge is 0.748 e. The third kappa shape index (κ3) is 8.06. The first kappa shape index (κ1) is 15.2. The molecular formula is C6H10LiNO4S. The quantitative estimate of drug-likeness (QED) is 0.264. The summed E-state index contributed by atoms with van der Waals surface area (Å²) in [6.45, 7) is 3.11. The van der Waals surface area contributed by atoms with Crippen molar-refractivity contribution in [2.24, 2.45) is 0 Å². The van der Waals surface area contributed by atoms with Gasteiger partial charge in [0.15, 0.2) is 0 Å². The average Bonchev–Trinajstić information content (AvgIpc) is 1.97. The van der Waals surface area contributed by atoms with Gasteiger partial charge in [0.2, 0.25) is 5.91 Å². The minimum atomic E-state index is -4.24. The summed E-state index contributed by atoms with van der Waals surface area (Å²) >= 11 is 0. The van der Waals surface area contributed by atoms with Crippen molar-refractivity contribution in [2.75, 3.05) is 19.3 Å². The summed E-state index contributed by atoms with van der Waals surface area (Å²) in [6, 6.07) is 0. The molecule has 0 atom stereocenters. The van der Waals surface area contributed by atoms with Crippen LogP contribution in [-0.4, -0.2) is 43.1 Å². The van der Waals surface area contributed by atoms with Crippen LogP contribution in [0.5, 0.6) is 0 Å². The molecule has 1 amide bonds. The van der Waals surface area contributed by atoms with Crippen LogP contribution in [0, 0.1) is 0 Å². The van der Waals surface area contributed by atoms with Gasteiger partial charge in [0, 0.05) is 13.6 Å². The Morgan fingerprint density at radius 3 is 2.38 bits per heavy atom. The fourth-order valence-electron chi connectivity index (χ4n) is 0.515. The molecule has 0 aromatic heterocycles. The van der Waals surface area contributed by atoms with Gasteiger partial charge in [-0.2, -0.15) is 0 Å². The molecule has 5 nitrogen and oxygen atoms in total. The number of rotatable bonds is 4. The normalized spacial score (nSPS) is 10.0. The van der Waals surface area contributed by atoms with Gasteiger partial charge in [-0.05, 0) is 6.08 Å².